The van der Waals surface area contributed by atoms with Crippen LogP contribution in [0.3, 0.4) is 0 Å². The predicted molar refractivity (Wildman–Crippen MR) is 62.1 cm³/mol. The quantitative estimate of drug-likeness (QED) is 0.766. The number of hydrogen-bond acceptors (Lipinski definition) is 3. The van der Waals surface area contributed by atoms with Crippen molar-refractivity contribution in [3.05, 3.63) is 29.8 Å². The van der Waals surface area contributed by atoms with Crippen LogP contribution in [-0.4, -0.2) is 17.6 Å². The fourth-order valence-corrected chi connectivity index (χ4v) is 2.69. The van der Waals surface area contributed by atoms with Crippen LogP contribution in [0.15, 0.2) is 24.3 Å². The average Bonchev–Trinajstić information content (AvgIpc) is 2.31. The highest BCUT2D eigenvalue weighted by atomic mass is 32.2. The fourth-order valence-electron chi connectivity index (χ4n) is 1.63. The molecule has 1 heterocycles. The van der Waals surface area contributed by atoms with Crippen LogP contribution in [0.1, 0.15) is 18.4 Å². The van der Waals surface area contributed by atoms with Crippen LogP contribution in [0.25, 0.3) is 0 Å². The summed E-state index contributed by atoms with van der Waals surface area (Å²) in [6, 6.07) is 9.51. The van der Waals surface area contributed by atoms with Gasteiger partial charge < -0.3 is 4.74 Å². The number of thioether (sulfide) groups is 1. The van der Waals surface area contributed by atoms with E-state index < -0.39 is 0 Å². The summed E-state index contributed by atoms with van der Waals surface area (Å²) in [7, 11) is 0. The van der Waals surface area contributed by atoms with Crippen LogP contribution in [-0.2, 0) is 0 Å². The lowest BCUT2D eigenvalue weighted by Crippen LogP contribution is -2.22. The van der Waals surface area contributed by atoms with Gasteiger partial charge >= 0.3 is 0 Å². The normalized spacial score (nSPS) is 17.0. The van der Waals surface area contributed by atoms with E-state index in [0.29, 0.717) is 11.7 Å². The molecule has 0 bridgehead atoms. The zero-order chi connectivity index (χ0) is 10.5. The standard InChI is InChI=1S/C12H13NOS/c13-9-10-2-1-3-12(8-10)14-11-4-6-15-7-5-11/h1-3,8,11H,4-7H2. The Bertz CT molecular complexity index is 366. The molecule has 0 amide bonds. The third-order valence-corrected chi connectivity index (χ3v) is 3.48. The topological polar surface area (TPSA) is 33.0 Å². The van der Waals surface area contributed by atoms with Crippen molar-refractivity contribution in [2.45, 2.75) is 18.9 Å². The third-order valence-electron chi connectivity index (χ3n) is 2.43. The Morgan fingerprint density at radius 1 is 1.33 bits per heavy atom. The van der Waals surface area contributed by atoms with Crippen LogP contribution in [0.5, 0.6) is 5.75 Å². The van der Waals surface area contributed by atoms with Gasteiger partial charge in [-0.15, -0.1) is 0 Å². The van der Waals surface area contributed by atoms with Gasteiger partial charge in [0.15, 0.2) is 0 Å². The Labute approximate surface area is 94.2 Å². The summed E-state index contributed by atoms with van der Waals surface area (Å²) in [5.41, 5.74) is 0.665. The molecule has 2 nitrogen and oxygen atoms in total. The molecule has 0 aromatic heterocycles. The Morgan fingerprint density at radius 2 is 2.13 bits per heavy atom. The minimum absolute atomic E-state index is 0.334. The maximum atomic E-state index is 8.76. The Hall–Kier alpha value is -1.14. The molecule has 0 spiro atoms. The second-order valence-electron chi connectivity index (χ2n) is 3.57. The zero-order valence-corrected chi connectivity index (χ0v) is 9.30. The van der Waals surface area contributed by atoms with Gasteiger partial charge in [0.2, 0.25) is 0 Å². The molecule has 1 saturated heterocycles. The van der Waals surface area contributed by atoms with Gasteiger partial charge in [0.25, 0.3) is 0 Å². The molecule has 1 fully saturated rings. The van der Waals surface area contributed by atoms with Crippen LogP contribution in [0.4, 0.5) is 0 Å². The Kier molecular flexibility index (Phi) is 3.52. The largest absolute Gasteiger partial charge is 0.490 e. The summed E-state index contributed by atoms with van der Waals surface area (Å²) >= 11 is 1.98. The number of ether oxygens (including phenoxy) is 1. The van der Waals surface area contributed by atoms with E-state index in [9.17, 15) is 0 Å². The molecule has 2 rings (SSSR count). The smallest absolute Gasteiger partial charge is 0.121 e. The van der Waals surface area contributed by atoms with Gasteiger partial charge in [0.05, 0.1) is 11.6 Å². The fraction of sp³-hybridized carbons (Fsp3) is 0.417. The summed E-state index contributed by atoms with van der Waals surface area (Å²) in [4.78, 5) is 0. The van der Waals surface area contributed by atoms with Crippen LogP contribution in [0.2, 0.25) is 0 Å². The van der Waals surface area contributed by atoms with Crippen molar-refractivity contribution < 1.29 is 4.74 Å². The maximum absolute atomic E-state index is 8.76. The second kappa shape index (κ2) is 5.09. The summed E-state index contributed by atoms with van der Waals surface area (Å²) in [5, 5.41) is 8.76. The maximum Gasteiger partial charge on any atom is 0.121 e. The van der Waals surface area contributed by atoms with Crippen molar-refractivity contribution in [3.8, 4) is 11.8 Å². The van der Waals surface area contributed by atoms with Gasteiger partial charge in [-0.1, -0.05) is 6.07 Å². The van der Waals surface area contributed by atoms with Gasteiger partial charge in [0.1, 0.15) is 11.9 Å². The van der Waals surface area contributed by atoms with Crippen molar-refractivity contribution in [1.29, 1.82) is 5.26 Å². The molecular formula is C12H13NOS. The SMILES string of the molecule is N#Cc1cccc(OC2CCSCC2)c1. The van der Waals surface area contributed by atoms with E-state index in [-0.39, 0.29) is 0 Å². The summed E-state index contributed by atoms with van der Waals surface area (Å²) in [5.74, 6) is 3.19. The molecule has 15 heavy (non-hydrogen) atoms. The molecule has 78 valence electrons. The lowest BCUT2D eigenvalue weighted by Gasteiger charge is -2.22. The molecule has 1 aliphatic heterocycles. The van der Waals surface area contributed by atoms with Gasteiger partial charge in [-0.3, -0.25) is 0 Å². The summed E-state index contributed by atoms with van der Waals surface area (Å²) in [6.45, 7) is 0. The number of nitriles is 1. The summed E-state index contributed by atoms with van der Waals surface area (Å²) < 4.78 is 5.83. The van der Waals surface area contributed by atoms with Crippen molar-refractivity contribution >= 4 is 11.8 Å². The molecule has 1 aromatic carbocycles. The molecule has 0 atom stereocenters. The lowest BCUT2D eigenvalue weighted by atomic mass is 10.2. The zero-order valence-electron chi connectivity index (χ0n) is 8.48. The molecule has 0 unspecified atom stereocenters. The number of benzene rings is 1. The van der Waals surface area contributed by atoms with E-state index in [1.165, 1.54) is 11.5 Å². The molecular weight excluding hydrogens is 206 g/mol. The average molecular weight is 219 g/mol. The lowest BCUT2D eigenvalue weighted by molar-refractivity contribution is 0.192. The van der Waals surface area contributed by atoms with Crippen LogP contribution < -0.4 is 4.74 Å². The molecule has 0 N–H and O–H groups in total. The monoisotopic (exact) mass is 219 g/mol. The van der Waals surface area contributed by atoms with Crippen molar-refractivity contribution in [3.63, 3.8) is 0 Å². The van der Waals surface area contributed by atoms with E-state index in [1.54, 1.807) is 6.07 Å². The van der Waals surface area contributed by atoms with Crippen LogP contribution in [0, 0.1) is 11.3 Å². The van der Waals surface area contributed by atoms with E-state index in [2.05, 4.69) is 6.07 Å². The molecule has 0 aliphatic carbocycles. The second-order valence-corrected chi connectivity index (χ2v) is 4.79. The first-order valence-electron chi connectivity index (χ1n) is 5.13. The number of hydrogen-bond donors (Lipinski definition) is 0. The summed E-state index contributed by atoms with van der Waals surface area (Å²) in [6.07, 6.45) is 2.56. The van der Waals surface area contributed by atoms with Gasteiger partial charge in [0, 0.05) is 0 Å². The Morgan fingerprint density at radius 3 is 2.87 bits per heavy atom. The van der Waals surface area contributed by atoms with Gasteiger partial charge in [-0.2, -0.15) is 17.0 Å². The predicted octanol–water partition coefficient (Wildman–Crippen LogP) is 2.83. The number of nitrogens with zero attached hydrogens (tertiary/aromatic N) is 1. The molecule has 1 aliphatic rings. The first kappa shape index (κ1) is 10.4. The molecule has 1 aromatic rings. The van der Waals surface area contributed by atoms with Gasteiger partial charge in [-0.25, -0.2) is 0 Å². The molecule has 3 heteroatoms. The van der Waals surface area contributed by atoms with Crippen molar-refractivity contribution in [1.82, 2.24) is 0 Å². The highest BCUT2D eigenvalue weighted by Gasteiger charge is 2.14. The van der Waals surface area contributed by atoms with E-state index in [1.807, 2.05) is 30.0 Å². The van der Waals surface area contributed by atoms with Crippen molar-refractivity contribution in [2.75, 3.05) is 11.5 Å². The van der Waals surface area contributed by atoms with Crippen molar-refractivity contribution in [2.24, 2.45) is 0 Å². The van der Waals surface area contributed by atoms with E-state index >= 15 is 0 Å². The highest BCUT2D eigenvalue weighted by molar-refractivity contribution is 7.99. The van der Waals surface area contributed by atoms with E-state index in [0.717, 1.165) is 18.6 Å². The number of rotatable bonds is 2. The molecule has 0 radical (unpaired) electrons. The van der Waals surface area contributed by atoms with Crippen LogP contribution >= 0.6 is 11.8 Å². The third kappa shape index (κ3) is 2.90. The van der Waals surface area contributed by atoms with E-state index in [4.69, 9.17) is 10.00 Å². The first-order valence-corrected chi connectivity index (χ1v) is 6.28. The minimum Gasteiger partial charge on any atom is -0.490 e. The minimum atomic E-state index is 0.334. The Balaban J connectivity index is 2.00. The molecule has 0 saturated carbocycles. The first-order chi connectivity index (χ1) is 7.38. The highest BCUT2D eigenvalue weighted by Crippen LogP contribution is 2.23. The van der Waals surface area contributed by atoms with Gasteiger partial charge in [-0.05, 0) is 42.5 Å².